The van der Waals surface area contributed by atoms with Crippen molar-refractivity contribution in [3.8, 4) is 0 Å². The molecule has 1 aliphatic heterocycles. The number of anilines is 1. The Bertz CT molecular complexity index is 564. The molecule has 1 aromatic carbocycles. The molecule has 0 amide bonds. The van der Waals surface area contributed by atoms with Crippen LogP contribution in [-0.2, 0) is 4.84 Å². The summed E-state index contributed by atoms with van der Waals surface area (Å²) in [5.41, 5.74) is 4.97. The van der Waals surface area contributed by atoms with Crippen molar-refractivity contribution in [1.82, 2.24) is 10.5 Å². The Morgan fingerprint density at radius 3 is 3.19 bits per heavy atom. The van der Waals surface area contributed by atoms with Crippen molar-refractivity contribution < 1.29 is 9.25 Å². The van der Waals surface area contributed by atoms with E-state index in [1.807, 2.05) is 6.07 Å². The number of benzene rings is 1. The molecular weight excluding hydrogens is 230 g/mol. The van der Waals surface area contributed by atoms with E-state index in [1.54, 1.807) is 18.4 Å². The molecule has 0 aliphatic carbocycles. The number of aromatic nitrogens is 1. The lowest BCUT2D eigenvalue weighted by Crippen LogP contribution is -2.10. The second-order valence-electron chi connectivity index (χ2n) is 3.34. The van der Waals surface area contributed by atoms with Crippen LogP contribution in [0.5, 0.6) is 0 Å². The van der Waals surface area contributed by atoms with Crippen molar-refractivity contribution in [2.24, 2.45) is 0 Å². The standard InChI is InChI=1S/C10H8ClN3O2/c11-6-1-2-8-9(3-6)16-10(14-8)13-7-4-12-15-5-7/h1-3,5,12H,4H2,(H,13,14). The Morgan fingerprint density at radius 2 is 2.38 bits per heavy atom. The van der Waals surface area contributed by atoms with Gasteiger partial charge in [-0.25, -0.2) is 0 Å². The zero-order valence-electron chi connectivity index (χ0n) is 8.16. The average molecular weight is 238 g/mol. The molecule has 3 rings (SSSR count). The third-order valence-electron chi connectivity index (χ3n) is 2.17. The van der Waals surface area contributed by atoms with Gasteiger partial charge in [0.15, 0.2) is 5.58 Å². The Hall–Kier alpha value is -1.72. The van der Waals surface area contributed by atoms with Gasteiger partial charge in [0, 0.05) is 11.1 Å². The fourth-order valence-electron chi connectivity index (χ4n) is 1.44. The second-order valence-corrected chi connectivity index (χ2v) is 3.77. The molecular formula is C10H8ClN3O2. The smallest absolute Gasteiger partial charge is 0.300 e. The van der Waals surface area contributed by atoms with E-state index >= 15 is 0 Å². The SMILES string of the molecule is Clc1ccc2nc(NC3=CONC3)oc2c1. The third kappa shape index (κ3) is 1.70. The van der Waals surface area contributed by atoms with Gasteiger partial charge in [-0.05, 0) is 12.1 Å². The summed E-state index contributed by atoms with van der Waals surface area (Å²) >= 11 is 5.85. The fourth-order valence-corrected chi connectivity index (χ4v) is 1.60. The maximum absolute atomic E-state index is 5.85. The Morgan fingerprint density at radius 1 is 1.44 bits per heavy atom. The number of nitrogens with zero attached hydrogens (tertiary/aromatic N) is 1. The topological polar surface area (TPSA) is 59.3 Å². The molecule has 82 valence electrons. The van der Waals surface area contributed by atoms with E-state index in [4.69, 9.17) is 20.9 Å². The molecule has 5 nitrogen and oxygen atoms in total. The van der Waals surface area contributed by atoms with Crippen LogP contribution in [-0.4, -0.2) is 11.5 Å². The lowest BCUT2D eigenvalue weighted by molar-refractivity contribution is 0.168. The van der Waals surface area contributed by atoms with E-state index < -0.39 is 0 Å². The first-order valence-electron chi connectivity index (χ1n) is 4.72. The van der Waals surface area contributed by atoms with Gasteiger partial charge in [0.1, 0.15) is 11.8 Å². The van der Waals surface area contributed by atoms with Gasteiger partial charge in [-0.2, -0.15) is 10.5 Å². The van der Waals surface area contributed by atoms with Gasteiger partial charge in [0.05, 0.1) is 12.2 Å². The highest BCUT2D eigenvalue weighted by Crippen LogP contribution is 2.23. The van der Waals surface area contributed by atoms with Crippen LogP contribution in [0.2, 0.25) is 5.02 Å². The van der Waals surface area contributed by atoms with E-state index in [9.17, 15) is 0 Å². The molecule has 0 spiro atoms. The molecule has 0 saturated carbocycles. The molecule has 2 heterocycles. The Labute approximate surface area is 96.0 Å². The van der Waals surface area contributed by atoms with Crippen LogP contribution in [0.4, 0.5) is 6.01 Å². The summed E-state index contributed by atoms with van der Waals surface area (Å²) in [5, 5.41) is 3.63. The fraction of sp³-hybridized carbons (Fsp3) is 0.100. The first-order chi connectivity index (χ1) is 7.81. The first kappa shape index (κ1) is 9.50. The summed E-state index contributed by atoms with van der Waals surface area (Å²) in [4.78, 5) is 9.11. The number of halogens is 1. The molecule has 0 radical (unpaired) electrons. The maximum atomic E-state index is 5.85. The summed E-state index contributed by atoms with van der Waals surface area (Å²) < 4.78 is 5.48. The molecule has 2 aromatic rings. The van der Waals surface area contributed by atoms with Gasteiger partial charge >= 0.3 is 0 Å². The molecule has 0 unspecified atom stereocenters. The largest absolute Gasteiger partial charge is 0.423 e. The summed E-state index contributed by atoms with van der Waals surface area (Å²) in [6.45, 7) is 0.597. The summed E-state index contributed by atoms with van der Waals surface area (Å²) in [7, 11) is 0. The number of fused-ring (bicyclic) bond motifs is 1. The van der Waals surface area contributed by atoms with Gasteiger partial charge < -0.3 is 14.6 Å². The average Bonchev–Trinajstić information content (AvgIpc) is 2.86. The molecule has 0 atom stereocenters. The zero-order valence-corrected chi connectivity index (χ0v) is 8.91. The van der Waals surface area contributed by atoms with Crippen LogP contribution in [0.15, 0.2) is 34.6 Å². The lowest BCUT2D eigenvalue weighted by atomic mass is 10.3. The molecule has 0 bridgehead atoms. The monoisotopic (exact) mass is 237 g/mol. The van der Waals surface area contributed by atoms with Crippen LogP contribution >= 0.6 is 11.6 Å². The predicted molar refractivity (Wildman–Crippen MR) is 59.8 cm³/mol. The predicted octanol–water partition coefficient (Wildman–Crippen LogP) is 2.27. The highest BCUT2D eigenvalue weighted by atomic mass is 35.5. The van der Waals surface area contributed by atoms with E-state index in [0.29, 0.717) is 23.2 Å². The number of rotatable bonds is 2. The quantitative estimate of drug-likeness (QED) is 0.839. The molecule has 2 N–H and O–H groups in total. The van der Waals surface area contributed by atoms with Crippen LogP contribution in [0.1, 0.15) is 0 Å². The minimum absolute atomic E-state index is 0.427. The number of hydrogen-bond acceptors (Lipinski definition) is 5. The molecule has 6 heteroatoms. The molecule has 0 fully saturated rings. The molecule has 0 saturated heterocycles. The number of nitrogens with one attached hydrogen (secondary N) is 2. The van der Waals surface area contributed by atoms with Crippen molar-refractivity contribution in [3.63, 3.8) is 0 Å². The Kier molecular flexibility index (Phi) is 2.19. The van der Waals surface area contributed by atoms with E-state index in [-0.39, 0.29) is 0 Å². The normalized spacial score (nSPS) is 14.9. The highest BCUT2D eigenvalue weighted by molar-refractivity contribution is 6.31. The van der Waals surface area contributed by atoms with E-state index in [2.05, 4.69) is 15.8 Å². The van der Waals surface area contributed by atoms with Gasteiger partial charge in [0.2, 0.25) is 0 Å². The van der Waals surface area contributed by atoms with Crippen molar-refractivity contribution in [3.05, 3.63) is 35.2 Å². The number of hydroxylamine groups is 1. The van der Waals surface area contributed by atoms with Gasteiger partial charge in [-0.3, -0.25) is 0 Å². The number of oxazole rings is 1. The minimum Gasteiger partial charge on any atom is -0.423 e. The maximum Gasteiger partial charge on any atom is 0.300 e. The van der Waals surface area contributed by atoms with Gasteiger partial charge in [-0.15, -0.1) is 0 Å². The van der Waals surface area contributed by atoms with Crippen LogP contribution in [0.25, 0.3) is 11.1 Å². The summed E-state index contributed by atoms with van der Waals surface area (Å²) in [6, 6.07) is 5.74. The van der Waals surface area contributed by atoms with Crippen molar-refractivity contribution in [1.29, 1.82) is 0 Å². The Balaban J connectivity index is 1.92. The van der Waals surface area contributed by atoms with Gasteiger partial charge in [-0.1, -0.05) is 11.6 Å². The third-order valence-corrected chi connectivity index (χ3v) is 2.40. The summed E-state index contributed by atoms with van der Waals surface area (Å²) in [5.74, 6) is 0. The van der Waals surface area contributed by atoms with Gasteiger partial charge in [0.25, 0.3) is 6.01 Å². The molecule has 16 heavy (non-hydrogen) atoms. The van der Waals surface area contributed by atoms with Crippen LogP contribution < -0.4 is 10.8 Å². The first-order valence-corrected chi connectivity index (χ1v) is 5.10. The van der Waals surface area contributed by atoms with E-state index in [0.717, 1.165) is 11.2 Å². The van der Waals surface area contributed by atoms with Crippen molar-refractivity contribution in [2.75, 3.05) is 11.9 Å². The molecule has 1 aliphatic rings. The van der Waals surface area contributed by atoms with Crippen molar-refractivity contribution >= 4 is 28.7 Å². The number of hydrogen-bond donors (Lipinski definition) is 2. The zero-order chi connectivity index (χ0) is 11.0. The van der Waals surface area contributed by atoms with E-state index in [1.165, 1.54) is 0 Å². The summed E-state index contributed by atoms with van der Waals surface area (Å²) in [6.07, 6.45) is 1.57. The van der Waals surface area contributed by atoms with Crippen molar-refractivity contribution in [2.45, 2.75) is 0 Å². The van der Waals surface area contributed by atoms with Crippen LogP contribution in [0, 0.1) is 0 Å². The molecule has 1 aromatic heterocycles. The second kappa shape index (κ2) is 3.70. The highest BCUT2D eigenvalue weighted by Gasteiger charge is 2.10. The minimum atomic E-state index is 0.427. The van der Waals surface area contributed by atoms with Crippen LogP contribution in [0.3, 0.4) is 0 Å². The lowest BCUT2D eigenvalue weighted by Gasteiger charge is -1.97.